The van der Waals surface area contributed by atoms with E-state index < -0.39 is 47.1 Å². The minimum atomic E-state index is -1.79. The Labute approximate surface area is 215 Å². The maximum Gasteiger partial charge on any atom is 0.328 e. The number of hydrogen-bond donors (Lipinski definition) is 3. The second-order valence-electron chi connectivity index (χ2n) is 10.3. The molecule has 4 aliphatic rings. The average Bonchev–Trinajstić information content (AvgIpc) is 3.22. The molecule has 3 fully saturated rings. The number of anilines is 1. The predicted octanol–water partition coefficient (Wildman–Crippen LogP) is -0.182. The van der Waals surface area contributed by atoms with E-state index in [4.69, 9.17) is 9.26 Å². The van der Waals surface area contributed by atoms with Gasteiger partial charge in [0.05, 0.1) is 35.4 Å². The zero-order valence-corrected chi connectivity index (χ0v) is 20.8. The molecule has 13 nitrogen and oxygen atoms in total. The lowest BCUT2D eigenvalue weighted by Crippen LogP contribution is -2.75. The molecule has 0 unspecified atom stereocenters. The molecule has 0 radical (unpaired) electrons. The number of carbonyl (C=O) groups is 5. The lowest BCUT2D eigenvalue weighted by Gasteiger charge is -2.55. The number of aromatic nitrogens is 1. The van der Waals surface area contributed by atoms with Crippen LogP contribution in [0.3, 0.4) is 0 Å². The van der Waals surface area contributed by atoms with Gasteiger partial charge in [-0.3, -0.25) is 29.8 Å². The second kappa shape index (κ2) is 8.21. The number of fused-ring (bicyclic) bond motifs is 5. The number of halogens is 1. The Morgan fingerprint density at radius 3 is 2.50 bits per heavy atom. The van der Waals surface area contributed by atoms with Gasteiger partial charge < -0.3 is 24.4 Å². The molecule has 1 spiro atoms. The van der Waals surface area contributed by atoms with Gasteiger partial charge in [-0.25, -0.2) is 9.18 Å². The Balaban J connectivity index is 1.45. The van der Waals surface area contributed by atoms with Crippen molar-refractivity contribution in [1.29, 1.82) is 0 Å². The van der Waals surface area contributed by atoms with Crippen LogP contribution in [0.25, 0.3) is 11.0 Å². The molecule has 5 heterocycles. The molecule has 3 saturated heterocycles. The predicted molar refractivity (Wildman–Crippen MR) is 126 cm³/mol. The van der Waals surface area contributed by atoms with Crippen molar-refractivity contribution in [2.75, 3.05) is 24.5 Å². The van der Waals surface area contributed by atoms with Gasteiger partial charge in [0.1, 0.15) is 0 Å². The molecule has 38 heavy (non-hydrogen) atoms. The van der Waals surface area contributed by atoms with Crippen molar-refractivity contribution in [3.8, 4) is 0 Å². The van der Waals surface area contributed by atoms with E-state index in [1.165, 1.54) is 17.9 Å². The fourth-order valence-electron chi connectivity index (χ4n) is 6.28. The highest BCUT2D eigenvalue weighted by molar-refractivity contribution is 6.20. The summed E-state index contributed by atoms with van der Waals surface area (Å²) in [7, 11) is 0. The van der Waals surface area contributed by atoms with E-state index in [9.17, 15) is 24.0 Å². The Hall–Kier alpha value is -4.07. The molecule has 0 bridgehead atoms. The molecule has 1 aromatic carbocycles. The first kappa shape index (κ1) is 24.3. The largest absolute Gasteiger partial charge is 0.372 e. The molecule has 6 rings (SSSR count). The van der Waals surface area contributed by atoms with Crippen LogP contribution in [0.1, 0.15) is 36.8 Å². The average molecular weight is 528 g/mol. The molecule has 6 amide bonds. The van der Waals surface area contributed by atoms with Gasteiger partial charge in [-0.05, 0) is 25.5 Å². The number of hydrogen-bond acceptors (Lipinski definition) is 9. The second-order valence-corrected chi connectivity index (χ2v) is 10.3. The summed E-state index contributed by atoms with van der Waals surface area (Å²) in [5, 5.41) is 11.0. The minimum absolute atomic E-state index is 0.102. The fraction of sp³-hybridized carbons (Fsp3) is 0.500. The maximum absolute atomic E-state index is 16.1. The molecule has 2 aromatic rings. The summed E-state index contributed by atoms with van der Waals surface area (Å²) < 4.78 is 27.4. The molecular weight excluding hydrogens is 503 g/mol. The molecule has 0 saturated carbocycles. The van der Waals surface area contributed by atoms with Crippen LogP contribution in [0.15, 0.2) is 10.6 Å². The third-order valence-corrected chi connectivity index (χ3v) is 7.74. The number of ether oxygens (including phenoxy) is 1. The molecular formula is C24H25FN6O7. The van der Waals surface area contributed by atoms with E-state index in [1.54, 1.807) is 18.7 Å². The molecule has 0 aliphatic carbocycles. The first-order valence-corrected chi connectivity index (χ1v) is 12.3. The standard InChI is InChI=1S/C24H25FN6O7/c1-9-6-31-17-12(5-24(19(31)10(2)37-9)21(34)27-23(36)28-22(24)35)4-14-16(29-38-18(14)15(17)25)20(33)30-7-13(8-30)26-11(3)32/h4,9-10,13,19H,5-8H2,1-3H3,(H,26,32)(H2,27,28,34,35,36)/t9-,10+,19-/m0/s1. The van der Waals surface area contributed by atoms with Crippen molar-refractivity contribution >= 4 is 46.3 Å². The number of nitrogens with one attached hydrogen (secondary N) is 3. The molecule has 3 N–H and O–H groups in total. The van der Waals surface area contributed by atoms with Gasteiger partial charge in [0.25, 0.3) is 5.91 Å². The number of nitrogens with zero attached hydrogens (tertiary/aromatic N) is 3. The fourth-order valence-corrected chi connectivity index (χ4v) is 6.28. The van der Waals surface area contributed by atoms with E-state index in [0.29, 0.717) is 5.56 Å². The van der Waals surface area contributed by atoms with Gasteiger partial charge >= 0.3 is 6.03 Å². The van der Waals surface area contributed by atoms with Gasteiger partial charge in [0.2, 0.25) is 23.3 Å². The molecule has 14 heteroatoms. The van der Waals surface area contributed by atoms with Crippen LogP contribution in [0, 0.1) is 11.2 Å². The zero-order chi connectivity index (χ0) is 27.1. The van der Waals surface area contributed by atoms with Crippen LogP contribution < -0.4 is 20.9 Å². The molecule has 1 aromatic heterocycles. The number of benzene rings is 1. The van der Waals surface area contributed by atoms with Crippen molar-refractivity contribution < 1.29 is 37.6 Å². The third-order valence-electron chi connectivity index (χ3n) is 7.74. The topological polar surface area (TPSA) is 163 Å². The normalized spacial score (nSPS) is 26.4. The van der Waals surface area contributed by atoms with Crippen molar-refractivity contribution in [1.82, 2.24) is 26.0 Å². The summed E-state index contributed by atoms with van der Waals surface area (Å²) >= 11 is 0. The van der Waals surface area contributed by atoms with Crippen LogP contribution in [-0.2, 0) is 25.5 Å². The lowest BCUT2D eigenvalue weighted by atomic mass is 9.66. The van der Waals surface area contributed by atoms with Crippen LogP contribution in [0.4, 0.5) is 14.9 Å². The summed E-state index contributed by atoms with van der Waals surface area (Å²) in [6, 6.07) is -0.516. The van der Waals surface area contributed by atoms with Crippen LogP contribution >= 0.6 is 0 Å². The first-order chi connectivity index (χ1) is 18.0. The number of barbiturate groups is 1. The number of carbonyl (C=O) groups excluding carboxylic acids is 5. The maximum atomic E-state index is 16.1. The third kappa shape index (κ3) is 3.32. The van der Waals surface area contributed by atoms with Gasteiger partial charge in [-0.15, -0.1) is 0 Å². The Morgan fingerprint density at radius 2 is 1.84 bits per heavy atom. The monoisotopic (exact) mass is 528 g/mol. The Bertz CT molecular complexity index is 1410. The zero-order valence-electron chi connectivity index (χ0n) is 20.8. The van der Waals surface area contributed by atoms with E-state index in [2.05, 4.69) is 21.1 Å². The summed E-state index contributed by atoms with van der Waals surface area (Å²) in [6.45, 7) is 5.57. The quantitative estimate of drug-likeness (QED) is 0.449. The van der Waals surface area contributed by atoms with E-state index in [1.807, 2.05) is 0 Å². The number of rotatable bonds is 2. The van der Waals surface area contributed by atoms with E-state index in [-0.39, 0.29) is 66.5 Å². The van der Waals surface area contributed by atoms with Gasteiger partial charge in [0.15, 0.2) is 16.9 Å². The highest BCUT2D eigenvalue weighted by Crippen LogP contribution is 2.49. The summed E-state index contributed by atoms with van der Waals surface area (Å²) in [4.78, 5) is 66.0. The Kier molecular flexibility index (Phi) is 5.25. The number of urea groups is 1. The minimum Gasteiger partial charge on any atom is -0.372 e. The van der Waals surface area contributed by atoms with E-state index >= 15 is 4.39 Å². The SMILES string of the molecule is CC(=O)NC1CN(C(=O)c2noc3c(F)c4c(cc23)CC2(C(=O)NC(=O)NC2=O)[C@@H]2[C@@H](C)O[C@@H](C)CN42)C1. The van der Waals surface area contributed by atoms with Crippen molar-refractivity contribution in [2.24, 2.45) is 5.41 Å². The summed E-state index contributed by atoms with van der Waals surface area (Å²) in [5.74, 6) is -3.08. The van der Waals surface area contributed by atoms with Gasteiger partial charge in [-0.1, -0.05) is 5.16 Å². The van der Waals surface area contributed by atoms with Crippen molar-refractivity contribution in [3.63, 3.8) is 0 Å². The van der Waals surface area contributed by atoms with Crippen molar-refractivity contribution in [3.05, 3.63) is 23.1 Å². The van der Waals surface area contributed by atoms with Crippen LogP contribution in [0.5, 0.6) is 0 Å². The highest BCUT2D eigenvalue weighted by atomic mass is 19.1. The molecule has 4 aliphatic heterocycles. The number of morpholine rings is 1. The lowest BCUT2D eigenvalue weighted by molar-refractivity contribution is -0.153. The first-order valence-electron chi connectivity index (χ1n) is 12.3. The van der Waals surface area contributed by atoms with Crippen LogP contribution in [-0.4, -0.2) is 83.6 Å². The van der Waals surface area contributed by atoms with Gasteiger partial charge in [-0.2, -0.15) is 0 Å². The number of imide groups is 2. The summed E-state index contributed by atoms with van der Waals surface area (Å²) in [6.07, 6.45) is -1.26. The highest BCUT2D eigenvalue weighted by Gasteiger charge is 2.63. The molecule has 200 valence electrons. The Morgan fingerprint density at radius 1 is 1.16 bits per heavy atom. The van der Waals surface area contributed by atoms with Gasteiger partial charge in [0, 0.05) is 33.0 Å². The van der Waals surface area contributed by atoms with Crippen LogP contribution in [0.2, 0.25) is 0 Å². The van der Waals surface area contributed by atoms with Crippen molar-refractivity contribution in [2.45, 2.75) is 51.5 Å². The number of likely N-dealkylation sites (tertiary alicyclic amines) is 1. The summed E-state index contributed by atoms with van der Waals surface area (Å²) in [5.41, 5.74) is -1.69. The molecule has 3 atom stereocenters. The van der Waals surface area contributed by atoms with E-state index in [0.717, 1.165) is 0 Å². The number of amides is 6. The smallest absolute Gasteiger partial charge is 0.328 e.